The minimum absolute atomic E-state index is 0.0435. The van der Waals surface area contributed by atoms with Crippen molar-refractivity contribution >= 4 is 114 Å². The number of halogens is 4. The molecule has 4 fully saturated rings. The zero-order chi connectivity index (χ0) is 66.2. The number of anilines is 3. The third-order valence-electron chi connectivity index (χ3n) is 17.7. The van der Waals surface area contributed by atoms with E-state index in [1.54, 1.807) is 89.1 Å². The molecule has 3 aromatic heterocycles. The fraction of sp³-hybridized carbons (Fsp3) is 0.348. The van der Waals surface area contributed by atoms with E-state index in [-0.39, 0.29) is 57.0 Å². The summed E-state index contributed by atoms with van der Waals surface area (Å²) in [4.78, 5) is 91.1. The van der Waals surface area contributed by atoms with Crippen molar-refractivity contribution in [2.45, 2.75) is 25.8 Å². The van der Waals surface area contributed by atoms with Gasteiger partial charge in [0.05, 0.1) is 43.7 Å². The van der Waals surface area contributed by atoms with Crippen LogP contribution in [0, 0.1) is 39.9 Å². The van der Waals surface area contributed by atoms with E-state index in [9.17, 15) is 44.6 Å². The fourth-order valence-electron chi connectivity index (χ4n) is 12.8. The van der Waals surface area contributed by atoms with Crippen LogP contribution in [0.25, 0.3) is 32.7 Å². The van der Waals surface area contributed by atoms with Gasteiger partial charge in [0.2, 0.25) is 5.91 Å². The standard InChI is InChI=1S/C26H28ClN5O2.C22H17Cl3N4O2.C21H25N5O2/c1-29(2)12-5-13-32-23-7-4-3-6-21(23)24(22(18-28)26(32)34)30-14-16-31(17-15-30)25(33)19-8-10-20(27)11-9-19;1-27-19-5-3-14(23)11-15(19)20(16(12-26)22(27)31)28-6-8-29(9-7-28)21(30)13-2-4-17(24)18(25)10-13;1-24-18-5-3-2-4-16(18)19(17(14-22)21(24)28)25-10-12-26(13-11-25)20(27)15-6-8-23-9-7-15/h3-4,6-11H,5,12-17H2,1-2H3;2-5,10-11H,6-9H2,1H3;2-5,15,23H,6-13H2,1H3. The van der Waals surface area contributed by atoms with Gasteiger partial charge < -0.3 is 53.3 Å². The average Bonchev–Trinajstić information content (AvgIpc) is 0.776. The van der Waals surface area contributed by atoms with Gasteiger partial charge in [0, 0.05) is 142 Å². The summed E-state index contributed by atoms with van der Waals surface area (Å²) in [5.74, 6) is 0.177. The first kappa shape index (κ1) is 67.0. The molecule has 1 N–H and O–H groups in total. The number of carbonyl (C=O) groups is 3. The molecule has 0 atom stereocenters. The lowest BCUT2D eigenvalue weighted by Gasteiger charge is -2.39. The molecule has 93 heavy (non-hydrogen) atoms. The Hall–Kier alpha value is -8.91. The summed E-state index contributed by atoms with van der Waals surface area (Å²) >= 11 is 24.1. The Kier molecular flexibility index (Phi) is 21.5. The number of fused-ring (bicyclic) bond motifs is 3. The number of pyridine rings is 3. The number of rotatable bonds is 10. The maximum atomic E-state index is 13.4. The molecule has 4 aliphatic heterocycles. The lowest BCUT2D eigenvalue weighted by molar-refractivity contribution is -0.136. The van der Waals surface area contributed by atoms with Crippen LogP contribution in [0.4, 0.5) is 17.1 Å². The Morgan fingerprint density at radius 2 is 0.946 bits per heavy atom. The first-order valence-electron chi connectivity index (χ1n) is 30.8. The zero-order valence-corrected chi connectivity index (χ0v) is 55.2. The van der Waals surface area contributed by atoms with Gasteiger partial charge in [-0.3, -0.25) is 28.8 Å². The first-order valence-corrected chi connectivity index (χ1v) is 32.3. The third kappa shape index (κ3) is 14.4. The van der Waals surface area contributed by atoms with E-state index >= 15 is 0 Å². The topological polar surface area (TPSA) is 223 Å². The van der Waals surface area contributed by atoms with Crippen molar-refractivity contribution in [2.24, 2.45) is 20.0 Å². The second-order valence-electron chi connectivity index (χ2n) is 23.6. The monoisotopic (exact) mass is 1330 g/mol. The second kappa shape index (κ2) is 29.8. The number of hydrogen-bond donors (Lipinski definition) is 1. The molecular formula is C69H70Cl4N14O6. The fourth-order valence-corrected chi connectivity index (χ4v) is 13.4. The maximum absolute atomic E-state index is 13.4. The number of nitrogens with zero attached hydrogens (tertiary/aromatic N) is 13. The van der Waals surface area contributed by atoms with Crippen molar-refractivity contribution in [2.75, 3.05) is 127 Å². The summed E-state index contributed by atoms with van der Waals surface area (Å²) in [6.45, 7) is 9.62. The molecule has 0 radical (unpaired) electrons. The van der Waals surface area contributed by atoms with E-state index in [1.165, 1.54) is 9.13 Å². The third-order valence-corrected chi connectivity index (χ3v) is 18.9. The van der Waals surface area contributed by atoms with E-state index in [4.69, 9.17) is 46.4 Å². The Morgan fingerprint density at radius 3 is 1.46 bits per heavy atom. The molecule has 4 aliphatic rings. The zero-order valence-electron chi connectivity index (χ0n) is 52.2. The van der Waals surface area contributed by atoms with Gasteiger partial charge in [-0.05, 0) is 126 Å². The Morgan fingerprint density at radius 1 is 0.505 bits per heavy atom. The van der Waals surface area contributed by atoms with Crippen molar-refractivity contribution in [3.8, 4) is 18.2 Å². The predicted molar refractivity (Wildman–Crippen MR) is 367 cm³/mol. The molecular weight excluding hydrogens is 1260 g/mol. The van der Waals surface area contributed by atoms with Gasteiger partial charge >= 0.3 is 0 Å². The molecule has 480 valence electrons. The predicted octanol–water partition coefficient (Wildman–Crippen LogP) is 8.83. The van der Waals surface area contributed by atoms with Gasteiger partial charge in [-0.25, -0.2) is 0 Å². The van der Waals surface area contributed by atoms with Crippen LogP contribution >= 0.6 is 46.4 Å². The number of amides is 3. The van der Waals surface area contributed by atoms with Gasteiger partial charge in [-0.2, -0.15) is 15.8 Å². The van der Waals surface area contributed by atoms with E-state index in [0.29, 0.717) is 139 Å². The number of aryl methyl sites for hydroxylation is 3. The Labute approximate surface area is 558 Å². The quantitative estimate of drug-likeness (QED) is 0.135. The van der Waals surface area contributed by atoms with Crippen molar-refractivity contribution in [1.82, 2.24) is 38.6 Å². The molecule has 0 saturated carbocycles. The van der Waals surface area contributed by atoms with Crippen LogP contribution in [0.2, 0.25) is 20.1 Å². The number of benzene rings is 5. The van der Waals surface area contributed by atoms with E-state index < -0.39 is 0 Å². The van der Waals surface area contributed by atoms with Gasteiger partial charge in [-0.1, -0.05) is 82.8 Å². The summed E-state index contributed by atoms with van der Waals surface area (Å²) in [6, 6.07) is 38.7. The average molecular weight is 1330 g/mol. The highest BCUT2D eigenvalue weighted by Crippen LogP contribution is 2.34. The molecule has 24 heteroatoms. The molecule has 7 heterocycles. The largest absolute Gasteiger partial charge is 0.366 e. The lowest BCUT2D eigenvalue weighted by atomic mass is 9.96. The van der Waals surface area contributed by atoms with Crippen molar-refractivity contribution in [3.63, 3.8) is 0 Å². The summed E-state index contributed by atoms with van der Waals surface area (Å²) in [5, 5.41) is 37.0. The summed E-state index contributed by atoms with van der Waals surface area (Å²) in [7, 11) is 7.34. The molecule has 0 aliphatic carbocycles. The number of nitriles is 3. The molecule has 0 spiro atoms. The smallest absolute Gasteiger partial charge is 0.271 e. The van der Waals surface area contributed by atoms with Crippen LogP contribution in [0.15, 0.2) is 124 Å². The number of piperidine rings is 1. The van der Waals surface area contributed by atoms with Crippen LogP contribution in [0.1, 0.15) is 56.7 Å². The molecule has 12 rings (SSSR count). The SMILES string of the molecule is CN(C)CCCn1c(=O)c(C#N)c(N2CCN(C(=O)c3ccc(Cl)cc3)CC2)c2ccccc21.Cn1c(=O)c(C#N)c(N2CCN(C(=O)C3CCNCC3)CC2)c2ccccc21.Cn1c(=O)c(C#N)c(N2CCN(C(=O)c3ccc(Cl)c(Cl)c3)CC2)c2cc(Cl)ccc21. The van der Waals surface area contributed by atoms with Crippen LogP contribution in [-0.4, -0.2) is 163 Å². The van der Waals surface area contributed by atoms with Gasteiger partial charge in [0.15, 0.2) is 0 Å². The highest BCUT2D eigenvalue weighted by molar-refractivity contribution is 6.42. The van der Waals surface area contributed by atoms with Crippen molar-refractivity contribution < 1.29 is 14.4 Å². The second-order valence-corrected chi connectivity index (χ2v) is 25.3. The minimum Gasteiger partial charge on any atom is -0.366 e. The molecule has 3 amide bonds. The van der Waals surface area contributed by atoms with Crippen LogP contribution < -0.4 is 36.7 Å². The summed E-state index contributed by atoms with van der Waals surface area (Å²) < 4.78 is 4.72. The number of aromatic nitrogens is 3. The molecule has 4 saturated heterocycles. The molecule has 8 aromatic rings. The van der Waals surface area contributed by atoms with Crippen molar-refractivity contribution in [1.29, 1.82) is 15.8 Å². The van der Waals surface area contributed by atoms with Gasteiger partial charge in [-0.15, -0.1) is 0 Å². The highest BCUT2D eigenvalue weighted by Gasteiger charge is 2.32. The Balaban J connectivity index is 0.000000153. The normalized spacial score (nSPS) is 15.3. The molecule has 5 aromatic carbocycles. The summed E-state index contributed by atoms with van der Waals surface area (Å²) in [5.41, 5.74) is 4.87. The molecule has 0 bridgehead atoms. The van der Waals surface area contributed by atoms with Gasteiger partial charge in [0.25, 0.3) is 28.5 Å². The molecule has 0 unspecified atom stereocenters. The van der Waals surface area contributed by atoms with Crippen LogP contribution in [0.3, 0.4) is 0 Å². The number of nitrogens with one attached hydrogen (secondary N) is 1. The van der Waals surface area contributed by atoms with E-state index in [0.717, 1.165) is 66.1 Å². The summed E-state index contributed by atoms with van der Waals surface area (Å²) in [6.07, 6.45) is 2.61. The number of piperazine rings is 3. The van der Waals surface area contributed by atoms with Crippen LogP contribution in [0.5, 0.6) is 0 Å². The highest BCUT2D eigenvalue weighted by atomic mass is 35.5. The van der Waals surface area contributed by atoms with E-state index in [2.05, 4.69) is 38.2 Å². The number of carbonyl (C=O) groups excluding carboxylic acids is 3. The maximum Gasteiger partial charge on any atom is 0.271 e. The first-order chi connectivity index (χ1) is 44.8. The number of hydrogen-bond acceptors (Lipinski definition) is 14. The van der Waals surface area contributed by atoms with Crippen LogP contribution in [-0.2, 0) is 25.4 Å². The Bertz CT molecular complexity index is 4480. The van der Waals surface area contributed by atoms with Gasteiger partial charge in [0.1, 0.15) is 34.9 Å². The number of para-hydroxylation sites is 2. The van der Waals surface area contributed by atoms with E-state index in [1.807, 2.05) is 72.4 Å². The lowest BCUT2D eigenvalue weighted by Crippen LogP contribution is -2.52. The van der Waals surface area contributed by atoms with Crippen molar-refractivity contribution in [3.05, 3.63) is 188 Å². The minimum atomic E-state index is -0.360. The molecule has 20 nitrogen and oxygen atoms in total.